The quantitative estimate of drug-likeness (QED) is 0.588. The SMILES string of the molecule is O=C(Nc1ccccc1O)C1CCN(C(=O)CCS)CC1. The van der Waals surface area contributed by atoms with Crippen molar-refractivity contribution in [1.82, 2.24) is 4.90 Å². The van der Waals surface area contributed by atoms with Gasteiger partial charge < -0.3 is 15.3 Å². The molecule has 5 nitrogen and oxygen atoms in total. The van der Waals surface area contributed by atoms with Crippen molar-refractivity contribution in [1.29, 1.82) is 0 Å². The van der Waals surface area contributed by atoms with Gasteiger partial charge in [-0.3, -0.25) is 9.59 Å². The lowest BCUT2D eigenvalue weighted by atomic mass is 9.95. The summed E-state index contributed by atoms with van der Waals surface area (Å²) >= 11 is 4.06. The Morgan fingerprint density at radius 2 is 1.95 bits per heavy atom. The van der Waals surface area contributed by atoms with Crippen LogP contribution in [0.2, 0.25) is 0 Å². The number of piperidine rings is 1. The molecule has 0 saturated carbocycles. The number of nitrogens with zero attached hydrogens (tertiary/aromatic N) is 1. The van der Waals surface area contributed by atoms with E-state index in [0.717, 1.165) is 0 Å². The van der Waals surface area contributed by atoms with E-state index in [-0.39, 0.29) is 23.5 Å². The molecule has 2 rings (SSSR count). The van der Waals surface area contributed by atoms with E-state index in [4.69, 9.17) is 0 Å². The maximum absolute atomic E-state index is 12.2. The van der Waals surface area contributed by atoms with Crippen LogP contribution in [0.1, 0.15) is 19.3 Å². The van der Waals surface area contributed by atoms with Gasteiger partial charge in [-0.2, -0.15) is 12.6 Å². The minimum atomic E-state index is -0.121. The molecule has 0 aromatic heterocycles. The zero-order valence-corrected chi connectivity index (χ0v) is 12.7. The number of hydrogen-bond acceptors (Lipinski definition) is 4. The van der Waals surface area contributed by atoms with Gasteiger partial charge in [0.15, 0.2) is 0 Å². The van der Waals surface area contributed by atoms with E-state index in [9.17, 15) is 14.7 Å². The summed E-state index contributed by atoms with van der Waals surface area (Å²) in [6, 6.07) is 6.66. The number of hydrogen-bond donors (Lipinski definition) is 3. The van der Waals surface area contributed by atoms with E-state index in [1.165, 1.54) is 6.07 Å². The molecule has 2 amide bonds. The van der Waals surface area contributed by atoms with Crippen LogP contribution < -0.4 is 5.32 Å². The molecule has 0 radical (unpaired) electrons. The number of para-hydroxylation sites is 2. The Balaban J connectivity index is 1.86. The van der Waals surface area contributed by atoms with Crippen LogP contribution in [-0.4, -0.2) is 40.7 Å². The number of amides is 2. The predicted molar refractivity (Wildman–Crippen MR) is 84.5 cm³/mol. The highest BCUT2D eigenvalue weighted by molar-refractivity contribution is 7.80. The van der Waals surface area contributed by atoms with Crippen molar-refractivity contribution >= 4 is 30.1 Å². The molecule has 1 aromatic carbocycles. The number of benzene rings is 1. The van der Waals surface area contributed by atoms with E-state index in [0.29, 0.717) is 43.8 Å². The van der Waals surface area contributed by atoms with Crippen molar-refractivity contribution < 1.29 is 14.7 Å². The van der Waals surface area contributed by atoms with Crippen molar-refractivity contribution in [3.05, 3.63) is 24.3 Å². The highest BCUT2D eigenvalue weighted by Crippen LogP contribution is 2.24. The van der Waals surface area contributed by atoms with Crippen LogP contribution in [0.3, 0.4) is 0 Å². The molecule has 0 aliphatic carbocycles. The molecule has 6 heteroatoms. The van der Waals surface area contributed by atoms with Gasteiger partial charge in [0.25, 0.3) is 0 Å². The summed E-state index contributed by atoms with van der Waals surface area (Å²) in [6.07, 6.45) is 1.74. The summed E-state index contributed by atoms with van der Waals surface area (Å²) in [5.74, 6) is 0.492. The summed E-state index contributed by atoms with van der Waals surface area (Å²) in [6.45, 7) is 1.21. The number of nitrogens with one attached hydrogen (secondary N) is 1. The third kappa shape index (κ3) is 4.14. The average molecular weight is 308 g/mol. The number of aromatic hydroxyl groups is 1. The first-order valence-electron chi connectivity index (χ1n) is 7.09. The number of anilines is 1. The molecule has 0 unspecified atom stereocenters. The van der Waals surface area contributed by atoms with Crippen LogP contribution in [-0.2, 0) is 9.59 Å². The Hall–Kier alpha value is -1.69. The molecule has 0 bridgehead atoms. The summed E-state index contributed by atoms with van der Waals surface area (Å²) in [7, 11) is 0. The zero-order valence-electron chi connectivity index (χ0n) is 11.8. The van der Waals surface area contributed by atoms with Gasteiger partial charge in [0.05, 0.1) is 5.69 Å². The highest BCUT2D eigenvalue weighted by Gasteiger charge is 2.27. The van der Waals surface area contributed by atoms with E-state index >= 15 is 0 Å². The fraction of sp³-hybridized carbons (Fsp3) is 0.467. The minimum absolute atomic E-state index is 0.0623. The molecule has 1 fully saturated rings. The smallest absolute Gasteiger partial charge is 0.227 e. The van der Waals surface area contributed by atoms with Crippen LogP contribution in [0.4, 0.5) is 5.69 Å². The molecule has 0 spiro atoms. The summed E-state index contributed by atoms with van der Waals surface area (Å²) in [4.78, 5) is 25.7. The standard InChI is InChI=1S/C15H20N2O3S/c18-13-4-2-1-3-12(13)16-15(20)11-5-8-17(9-6-11)14(19)7-10-21/h1-4,11,18,21H,5-10H2,(H,16,20). The van der Waals surface area contributed by atoms with E-state index in [1.807, 2.05) is 0 Å². The Morgan fingerprint density at radius 3 is 2.57 bits per heavy atom. The monoisotopic (exact) mass is 308 g/mol. The third-order valence-corrected chi connectivity index (χ3v) is 3.93. The van der Waals surface area contributed by atoms with Crippen molar-refractivity contribution in [2.24, 2.45) is 5.92 Å². The van der Waals surface area contributed by atoms with Gasteiger partial charge in [0.1, 0.15) is 5.75 Å². The molecule has 1 heterocycles. The molecule has 1 saturated heterocycles. The molecule has 1 aliphatic rings. The number of phenols is 1. The maximum atomic E-state index is 12.2. The number of phenolic OH excluding ortho intramolecular Hbond substituents is 1. The van der Waals surface area contributed by atoms with Crippen LogP contribution in [0.5, 0.6) is 5.75 Å². The summed E-state index contributed by atoms with van der Waals surface area (Å²) < 4.78 is 0. The lowest BCUT2D eigenvalue weighted by molar-refractivity contribution is -0.134. The Labute approximate surface area is 129 Å². The van der Waals surface area contributed by atoms with Gasteiger partial charge in [-0.1, -0.05) is 12.1 Å². The minimum Gasteiger partial charge on any atom is -0.506 e. The second-order valence-corrected chi connectivity index (χ2v) is 5.58. The molecule has 21 heavy (non-hydrogen) atoms. The Morgan fingerprint density at radius 1 is 1.29 bits per heavy atom. The second kappa shape index (κ2) is 7.36. The van der Waals surface area contributed by atoms with E-state index in [2.05, 4.69) is 17.9 Å². The first-order valence-corrected chi connectivity index (χ1v) is 7.72. The number of rotatable bonds is 4. The van der Waals surface area contributed by atoms with E-state index in [1.54, 1.807) is 23.1 Å². The van der Waals surface area contributed by atoms with Crippen molar-refractivity contribution in [3.63, 3.8) is 0 Å². The molecule has 114 valence electrons. The fourth-order valence-electron chi connectivity index (χ4n) is 2.46. The molecular formula is C15H20N2O3S. The zero-order chi connectivity index (χ0) is 15.2. The number of carbonyl (C=O) groups excluding carboxylic acids is 2. The summed E-state index contributed by atoms with van der Waals surface area (Å²) in [5.41, 5.74) is 0.427. The molecule has 1 aliphatic heterocycles. The van der Waals surface area contributed by atoms with Crippen LogP contribution in [0.15, 0.2) is 24.3 Å². The first-order chi connectivity index (χ1) is 10.1. The second-order valence-electron chi connectivity index (χ2n) is 5.14. The highest BCUT2D eigenvalue weighted by atomic mass is 32.1. The Bertz CT molecular complexity index is 513. The first kappa shape index (κ1) is 15.7. The average Bonchev–Trinajstić information content (AvgIpc) is 2.50. The van der Waals surface area contributed by atoms with Gasteiger partial charge in [0, 0.05) is 25.4 Å². The third-order valence-electron chi connectivity index (χ3n) is 3.71. The maximum Gasteiger partial charge on any atom is 0.227 e. The van der Waals surface area contributed by atoms with Gasteiger partial charge in [-0.25, -0.2) is 0 Å². The number of carbonyl (C=O) groups is 2. The van der Waals surface area contributed by atoms with Gasteiger partial charge in [0.2, 0.25) is 11.8 Å². The van der Waals surface area contributed by atoms with Gasteiger partial charge >= 0.3 is 0 Å². The Kier molecular flexibility index (Phi) is 5.50. The normalized spacial score (nSPS) is 15.8. The predicted octanol–water partition coefficient (Wildman–Crippen LogP) is 1.89. The molecular weight excluding hydrogens is 288 g/mol. The van der Waals surface area contributed by atoms with Gasteiger partial charge in [-0.05, 0) is 30.7 Å². The van der Waals surface area contributed by atoms with Crippen molar-refractivity contribution in [2.75, 3.05) is 24.2 Å². The topological polar surface area (TPSA) is 69.6 Å². The van der Waals surface area contributed by atoms with Crippen LogP contribution in [0.25, 0.3) is 0 Å². The lowest BCUT2D eigenvalue weighted by Crippen LogP contribution is -2.41. The fourth-order valence-corrected chi connectivity index (χ4v) is 2.65. The number of likely N-dealkylation sites (tertiary alicyclic amines) is 1. The molecule has 1 aromatic rings. The lowest BCUT2D eigenvalue weighted by Gasteiger charge is -2.31. The largest absolute Gasteiger partial charge is 0.506 e. The van der Waals surface area contributed by atoms with Crippen molar-refractivity contribution in [3.8, 4) is 5.75 Å². The van der Waals surface area contributed by atoms with Crippen molar-refractivity contribution in [2.45, 2.75) is 19.3 Å². The van der Waals surface area contributed by atoms with Gasteiger partial charge in [-0.15, -0.1) is 0 Å². The van der Waals surface area contributed by atoms with E-state index < -0.39 is 0 Å². The number of thiol groups is 1. The molecule has 2 N–H and O–H groups in total. The van der Waals surface area contributed by atoms with Crippen LogP contribution >= 0.6 is 12.6 Å². The molecule has 0 atom stereocenters. The van der Waals surface area contributed by atoms with Crippen LogP contribution in [0, 0.1) is 5.92 Å². The summed E-state index contributed by atoms with van der Waals surface area (Å²) in [5, 5.41) is 12.4.